The SMILES string of the molecule is O=C(NCC1CCC(C(=O)O)O1)Nc1ccc(Cl)cc1. The molecule has 0 bridgehead atoms. The third-order valence-corrected chi connectivity index (χ3v) is 3.23. The average Bonchev–Trinajstić information content (AvgIpc) is 2.88. The summed E-state index contributed by atoms with van der Waals surface area (Å²) in [5, 5.41) is 14.7. The maximum absolute atomic E-state index is 11.6. The lowest BCUT2D eigenvalue weighted by atomic mass is 10.2. The van der Waals surface area contributed by atoms with Crippen molar-refractivity contribution in [2.45, 2.75) is 25.0 Å². The van der Waals surface area contributed by atoms with Gasteiger partial charge < -0.3 is 20.5 Å². The van der Waals surface area contributed by atoms with E-state index in [1.54, 1.807) is 24.3 Å². The number of anilines is 1. The minimum absolute atomic E-state index is 0.257. The van der Waals surface area contributed by atoms with Crippen LogP contribution < -0.4 is 10.6 Å². The van der Waals surface area contributed by atoms with E-state index < -0.39 is 12.1 Å². The molecule has 1 fully saturated rings. The Kier molecular flexibility index (Phi) is 4.81. The molecule has 0 aromatic heterocycles. The van der Waals surface area contributed by atoms with Crippen LogP contribution in [0.3, 0.4) is 0 Å². The van der Waals surface area contributed by atoms with Gasteiger partial charge in [-0.1, -0.05) is 11.6 Å². The van der Waals surface area contributed by atoms with E-state index in [2.05, 4.69) is 10.6 Å². The summed E-state index contributed by atoms with van der Waals surface area (Å²) in [6.07, 6.45) is 0.0757. The lowest BCUT2D eigenvalue weighted by molar-refractivity contribution is -0.149. The van der Waals surface area contributed by atoms with E-state index in [1.807, 2.05) is 0 Å². The second-order valence-electron chi connectivity index (χ2n) is 4.50. The summed E-state index contributed by atoms with van der Waals surface area (Å²) in [4.78, 5) is 22.4. The number of carbonyl (C=O) groups is 2. The zero-order chi connectivity index (χ0) is 14.5. The first-order valence-electron chi connectivity index (χ1n) is 6.23. The molecule has 1 saturated heterocycles. The molecule has 3 N–H and O–H groups in total. The fraction of sp³-hybridized carbons (Fsp3) is 0.385. The number of nitrogens with one attached hydrogen (secondary N) is 2. The molecule has 1 aromatic carbocycles. The van der Waals surface area contributed by atoms with Crippen molar-refractivity contribution in [2.24, 2.45) is 0 Å². The fourth-order valence-corrected chi connectivity index (χ4v) is 2.08. The number of benzene rings is 1. The van der Waals surface area contributed by atoms with Gasteiger partial charge in [-0.05, 0) is 37.1 Å². The molecule has 2 amide bonds. The van der Waals surface area contributed by atoms with E-state index in [0.29, 0.717) is 23.6 Å². The van der Waals surface area contributed by atoms with Crippen LogP contribution in [-0.4, -0.2) is 35.9 Å². The topological polar surface area (TPSA) is 87.7 Å². The molecule has 7 heteroatoms. The summed E-state index contributed by atoms with van der Waals surface area (Å²) < 4.78 is 5.28. The van der Waals surface area contributed by atoms with Crippen LogP contribution >= 0.6 is 11.6 Å². The Labute approximate surface area is 121 Å². The van der Waals surface area contributed by atoms with Gasteiger partial charge in [0, 0.05) is 17.3 Å². The first-order valence-corrected chi connectivity index (χ1v) is 6.61. The van der Waals surface area contributed by atoms with E-state index in [9.17, 15) is 9.59 Å². The monoisotopic (exact) mass is 298 g/mol. The van der Waals surface area contributed by atoms with E-state index in [0.717, 1.165) is 0 Å². The molecule has 2 unspecified atom stereocenters. The molecule has 1 aliphatic heterocycles. The number of hydrogen-bond donors (Lipinski definition) is 3. The highest BCUT2D eigenvalue weighted by Gasteiger charge is 2.30. The van der Waals surface area contributed by atoms with Crippen LogP contribution in [0.4, 0.5) is 10.5 Å². The third-order valence-electron chi connectivity index (χ3n) is 2.98. The van der Waals surface area contributed by atoms with Crippen molar-refractivity contribution in [3.05, 3.63) is 29.3 Å². The van der Waals surface area contributed by atoms with Crippen LogP contribution in [0, 0.1) is 0 Å². The zero-order valence-electron chi connectivity index (χ0n) is 10.6. The van der Waals surface area contributed by atoms with Gasteiger partial charge >= 0.3 is 12.0 Å². The fourth-order valence-electron chi connectivity index (χ4n) is 1.95. The van der Waals surface area contributed by atoms with Gasteiger partial charge in [0.1, 0.15) is 0 Å². The number of ether oxygens (including phenoxy) is 1. The van der Waals surface area contributed by atoms with Crippen LogP contribution in [0.5, 0.6) is 0 Å². The minimum Gasteiger partial charge on any atom is -0.479 e. The minimum atomic E-state index is -0.960. The number of amides is 2. The molecule has 0 radical (unpaired) electrons. The van der Waals surface area contributed by atoms with Gasteiger partial charge in [-0.25, -0.2) is 9.59 Å². The Morgan fingerprint density at radius 2 is 2.00 bits per heavy atom. The van der Waals surface area contributed by atoms with Gasteiger partial charge in [0.25, 0.3) is 0 Å². The molecular weight excluding hydrogens is 284 g/mol. The van der Waals surface area contributed by atoms with Crippen LogP contribution in [0.25, 0.3) is 0 Å². The number of halogens is 1. The van der Waals surface area contributed by atoms with Gasteiger partial charge in [0.05, 0.1) is 6.10 Å². The molecule has 0 aliphatic carbocycles. The Bertz CT molecular complexity index is 492. The maximum atomic E-state index is 11.6. The maximum Gasteiger partial charge on any atom is 0.332 e. The molecule has 108 valence electrons. The van der Waals surface area contributed by atoms with Crippen molar-refractivity contribution < 1.29 is 19.4 Å². The Morgan fingerprint density at radius 1 is 1.30 bits per heavy atom. The number of carbonyl (C=O) groups excluding carboxylic acids is 1. The molecule has 2 rings (SSSR count). The lowest BCUT2D eigenvalue weighted by Gasteiger charge is -2.13. The summed E-state index contributed by atoms with van der Waals surface area (Å²) in [5.74, 6) is -0.960. The van der Waals surface area contributed by atoms with Crippen LogP contribution in [0.1, 0.15) is 12.8 Å². The van der Waals surface area contributed by atoms with Crippen LogP contribution in [0.15, 0.2) is 24.3 Å². The van der Waals surface area contributed by atoms with Crippen molar-refractivity contribution in [1.82, 2.24) is 5.32 Å². The quantitative estimate of drug-likeness (QED) is 0.794. The highest BCUT2D eigenvalue weighted by molar-refractivity contribution is 6.30. The normalized spacial score (nSPS) is 21.4. The number of urea groups is 1. The first kappa shape index (κ1) is 14.6. The van der Waals surface area contributed by atoms with Gasteiger partial charge in [-0.3, -0.25) is 0 Å². The van der Waals surface area contributed by atoms with Crippen molar-refractivity contribution in [3.63, 3.8) is 0 Å². The van der Waals surface area contributed by atoms with Crippen molar-refractivity contribution >= 4 is 29.3 Å². The Balaban J connectivity index is 1.73. The first-order chi connectivity index (χ1) is 9.54. The van der Waals surface area contributed by atoms with E-state index >= 15 is 0 Å². The van der Waals surface area contributed by atoms with Crippen molar-refractivity contribution in [2.75, 3.05) is 11.9 Å². The third kappa shape index (κ3) is 4.11. The van der Waals surface area contributed by atoms with Crippen LogP contribution in [0.2, 0.25) is 5.02 Å². The molecule has 1 aromatic rings. The summed E-state index contributed by atoms with van der Waals surface area (Å²) in [6, 6.07) is 6.36. The highest BCUT2D eigenvalue weighted by atomic mass is 35.5. The highest BCUT2D eigenvalue weighted by Crippen LogP contribution is 2.19. The number of rotatable bonds is 4. The molecular formula is C13H15ClN2O4. The number of aliphatic carboxylic acids is 1. The molecule has 1 heterocycles. The number of hydrogen-bond acceptors (Lipinski definition) is 3. The van der Waals surface area contributed by atoms with Crippen LogP contribution in [-0.2, 0) is 9.53 Å². The predicted molar refractivity (Wildman–Crippen MR) is 74.0 cm³/mol. The standard InChI is InChI=1S/C13H15ClN2O4/c14-8-1-3-9(4-2-8)16-13(19)15-7-10-5-6-11(20-10)12(17)18/h1-4,10-11H,5-7H2,(H,17,18)(H2,15,16,19). The van der Waals surface area contributed by atoms with Gasteiger partial charge in [-0.15, -0.1) is 0 Å². The predicted octanol–water partition coefficient (Wildman–Crippen LogP) is 2.09. The van der Waals surface area contributed by atoms with Crippen molar-refractivity contribution in [1.29, 1.82) is 0 Å². The molecule has 6 nitrogen and oxygen atoms in total. The molecule has 20 heavy (non-hydrogen) atoms. The molecule has 2 atom stereocenters. The summed E-state index contributed by atoms with van der Waals surface area (Å²) in [7, 11) is 0. The van der Waals surface area contributed by atoms with Crippen molar-refractivity contribution in [3.8, 4) is 0 Å². The molecule has 0 saturated carbocycles. The summed E-state index contributed by atoms with van der Waals surface area (Å²) in [6.45, 7) is 0.281. The molecule has 1 aliphatic rings. The second kappa shape index (κ2) is 6.58. The number of carboxylic acids is 1. The summed E-state index contributed by atoms with van der Waals surface area (Å²) >= 11 is 5.74. The zero-order valence-corrected chi connectivity index (χ0v) is 11.4. The summed E-state index contributed by atoms with van der Waals surface area (Å²) in [5.41, 5.74) is 0.627. The average molecular weight is 299 g/mol. The Hall–Kier alpha value is -1.79. The second-order valence-corrected chi connectivity index (χ2v) is 4.94. The largest absolute Gasteiger partial charge is 0.479 e. The van der Waals surface area contributed by atoms with Gasteiger partial charge in [0.2, 0.25) is 0 Å². The molecule has 0 spiro atoms. The van der Waals surface area contributed by atoms with E-state index in [1.165, 1.54) is 0 Å². The van der Waals surface area contributed by atoms with Gasteiger partial charge in [-0.2, -0.15) is 0 Å². The lowest BCUT2D eigenvalue weighted by Crippen LogP contribution is -2.35. The van der Waals surface area contributed by atoms with E-state index in [4.69, 9.17) is 21.4 Å². The number of carboxylic acid groups (broad SMARTS) is 1. The van der Waals surface area contributed by atoms with E-state index in [-0.39, 0.29) is 18.7 Å². The van der Waals surface area contributed by atoms with Gasteiger partial charge in [0.15, 0.2) is 6.10 Å². The smallest absolute Gasteiger partial charge is 0.332 e. The Morgan fingerprint density at radius 3 is 2.60 bits per heavy atom.